The number of hydrogen-bond acceptors (Lipinski definition) is 10. The Hall–Kier alpha value is -3.00. The Morgan fingerprint density at radius 1 is 0.739 bits per heavy atom. The second-order valence-corrected chi connectivity index (χ2v) is 10.7. The van der Waals surface area contributed by atoms with Gasteiger partial charge in [-0.3, -0.25) is 14.6 Å². The molecule has 0 aliphatic heterocycles. The van der Waals surface area contributed by atoms with E-state index in [4.69, 9.17) is 33.4 Å². The van der Waals surface area contributed by atoms with Gasteiger partial charge in [0.05, 0.1) is 96.5 Å². The highest BCUT2D eigenvalue weighted by molar-refractivity contribution is 6.02. The normalized spacial score (nSPS) is 11.5. The Morgan fingerprint density at radius 2 is 1.30 bits per heavy atom. The van der Waals surface area contributed by atoms with E-state index in [1.54, 1.807) is 0 Å². The number of rotatable bonds is 28. The molecule has 12 heteroatoms. The van der Waals surface area contributed by atoms with Crippen LogP contribution in [0.2, 0.25) is 0 Å². The van der Waals surface area contributed by atoms with Crippen molar-refractivity contribution in [1.29, 1.82) is 0 Å². The summed E-state index contributed by atoms with van der Waals surface area (Å²) in [7, 11) is 0. The predicted molar refractivity (Wildman–Crippen MR) is 176 cm³/mol. The molecule has 0 unspecified atom stereocenters. The van der Waals surface area contributed by atoms with Crippen LogP contribution in [0, 0.1) is 0 Å². The van der Waals surface area contributed by atoms with E-state index >= 15 is 0 Å². The van der Waals surface area contributed by atoms with E-state index in [9.17, 15) is 9.59 Å². The summed E-state index contributed by atoms with van der Waals surface area (Å²) in [5.41, 5.74) is 2.91. The number of ketones is 1. The van der Waals surface area contributed by atoms with Crippen LogP contribution in [0.1, 0.15) is 51.8 Å². The minimum absolute atomic E-state index is 0.0419. The molecule has 3 aromatic rings. The highest BCUT2D eigenvalue weighted by Gasteiger charge is 2.14. The number of ether oxygens (including phenoxy) is 6. The lowest BCUT2D eigenvalue weighted by molar-refractivity contribution is -0.122. The number of aryl methyl sites for hydroxylation is 1. The summed E-state index contributed by atoms with van der Waals surface area (Å²) < 4.78 is 35.0. The Morgan fingerprint density at radius 3 is 1.89 bits per heavy atom. The summed E-state index contributed by atoms with van der Waals surface area (Å²) in [6, 6.07) is 8.10. The lowest BCUT2D eigenvalue weighted by atomic mass is 10.2. The van der Waals surface area contributed by atoms with E-state index in [1.807, 2.05) is 31.3 Å². The largest absolute Gasteiger partial charge is 0.379 e. The molecule has 1 N–H and O–H groups in total. The van der Waals surface area contributed by atoms with Gasteiger partial charge in [-0.05, 0) is 12.5 Å². The lowest BCUT2D eigenvalue weighted by Gasteiger charge is -2.12. The van der Waals surface area contributed by atoms with Gasteiger partial charge in [-0.2, -0.15) is 0 Å². The number of carbonyl (C=O) groups is 2. The number of nitrogens with one attached hydrogen (secondary N) is 1. The number of para-hydroxylation sites is 1. The monoisotopic (exact) mass is 644 g/mol. The van der Waals surface area contributed by atoms with Crippen LogP contribution in [0.25, 0.3) is 21.9 Å². The van der Waals surface area contributed by atoms with Crippen molar-refractivity contribution in [2.75, 3.05) is 85.8 Å². The van der Waals surface area contributed by atoms with E-state index < -0.39 is 0 Å². The summed E-state index contributed by atoms with van der Waals surface area (Å²) in [6.07, 6.45) is 6.19. The zero-order valence-corrected chi connectivity index (χ0v) is 27.6. The summed E-state index contributed by atoms with van der Waals surface area (Å²) in [4.78, 5) is 33.0. The van der Waals surface area contributed by atoms with Crippen molar-refractivity contribution < 1.29 is 38.0 Å². The van der Waals surface area contributed by atoms with Gasteiger partial charge in [-0.15, -0.1) is 0 Å². The smallest absolute Gasteiger partial charge is 0.222 e. The highest BCUT2D eigenvalue weighted by Crippen LogP contribution is 2.25. The van der Waals surface area contributed by atoms with Crippen LogP contribution in [0.5, 0.6) is 0 Å². The second-order valence-electron chi connectivity index (χ2n) is 10.7. The number of imidazole rings is 1. The number of nitrogens with zero attached hydrogens (tertiary/aromatic N) is 3. The third kappa shape index (κ3) is 14.2. The Labute approximate surface area is 272 Å². The number of unbranched alkanes of at least 4 members (excludes halogenated alkanes) is 1. The van der Waals surface area contributed by atoms with Gasteiger partial charge < -0.3 is 38.3 Å². The number of benzene rings is 1. The fraction of sp³-hybridized carbons (Fsp3) is 0.647. The number of pyridine rings is 1. The van der Waals surface area contributed by atoms with Crippen LogP contribution >= 0.6 is 0 Å². The van der Waals surface area contributed by atoms with E-state index in [-0.39, 0.29) is 11.7 Å². The number of amides is 1. The lowest BCUT2D eigenvalue weighted by Crippen LogP contribution is -2.28. The van der Waals surface area contributed by atoms with Crippen LogP contribution in [0.15, 0.2) is 30.5 Å². The van der Waals surface area contributed by atoms with E-state index in [0.717, 1.165) is 47.0 Å². The fourth-order valence-corrected chi connectivity index (χ4v) is 4.70. The van der Waals surface area contributed by atoms with E-state index in [2.05, 4.69) is 27.9 Å². The molecule has 0 aliphatic carbocycles. The van der Waals surface area contributed by atoms with Crippen molar-refractivity contribution in [3.05, 3.63) is 36.3 Å². The maximum absolute atomic E-state index is 12.4. The highest BCUT2D eigenvalue weighted by atomic mass is 16.6. The molecule has 0 radical (unpaired) electrons. The molecule has 12 nitrogen and oxygen atoms in total. The molecule has 0 aliphatic rings. The van der Waals surface area contributed by atoms with E-state index in [1.165, 1.54) is 0 Å². The van der Waals surface area contributed by atoms with E-state index in [0.29, 0.717) is 112 Å². The number of Topliss-reactive ketones (excluding diaryl/α,β-unsaturated/α-hetero) is 1. The summed E-state index contributed by atoms with van der Waals surface area (Å²) in [5.74, 6) is 1.20. The van der Waals surface area contributed by atoms with Crippen LogP contribution in [0.3, 0.4) is 0 Å². The maximum atomic E-state index is 12.4. The first-order chi connectivity index (χ1) is 22.6. The molecule has 0 saturated heterocycles. The van der Waals surface area contributed by atoms with Gasteiger partial charge in [0, 0.05) is 44.2 Å². The molecule has 2 heterocycles. The van der Waals surface area contributed by atoms with Crippen molar-refractivity contribution in [2.45, 2.75) is 58.9 Å². The third-order valence-electron chi connectivity index (χ3n) is 7.22. The summed E-state index contributed by atoms with van der Waals surface area (Å²) >= 11 is 0. The van der Waals surface area contributed by atoms with Crippen molar-refractivity contribution in [3.8, 4) is 0 Å². The molecule has 2 aromatic heterocycles. The van der Waals surface area contributed by atoms with Gasteiger partial charge in [-0.25, -0.2) is 4.98 Å². The predicted octanol–water partition coefficient (Wildman–Crippen LogP) is 3.90. The molecule has 0 spiro atoms. The maximum Gasteiger partial charge on any atom is 0.222 e. The molecule has 46 heavy (non-hydrogen) atoms. The topological polar surface area (TPSA) is 132 Å². The quantitative estimate of drug-likeness (QED) is 0.116. The number of carbonyl (C=O) groups excluding carboxylic acids is 2. The van der Waals surface area contributed by atoms with Gasteiger partial charge in [0.15, 0.2) is 0 Å². The molecule has 1 amide bonds. The SMILES string of the molecule is CCCCc1nc2cnc3ccccc3c2n1CCNC(=O)CCOCCOCCOCCOCCOCCOCCC(=O)CC. The van der Waals surface area contributed by atoms with Crippen LogP contribution < -0.4 is 5.32 Å². The zero-order chi connectivity index (χ0) is 32.7. The Balaban J connectivity index is 1.14. The molecular weight excluding hydrogens is 592 g/mol. The average molecular weight is 645 g/mol. The second kappa shape index (κ2) is 23.3. The van der Waals surface area contributed by atoms with Gasteiger partial charge in [0.25, 0.3) is 0 Å². The zero-order valence-electron chi connectivity index (χ0n) is 27.6. The van der Waals surface area contributed by atoms with Gasteiger partial charge in [-0.1, -0.05) is 38.5 Å². The van der Waals surface area contributed by atoms with Crippen LogP contribution in [0.4, 0.5) is 0 Å². The Kier molecular flexibility index (Phi) is 19.0. The third-order valence-corrected chi connectivity index (χ3v) is 7.22. The van der Waals surface area contributed by atoms with Crippen molar-refractivity contribution in [2.24, 2.45) is 0 Å². The first-order valence-electron chi connectivity index (χ1n) is 16.6. The number of aromatic nitrogens is 3. The van der Waals surface area contributed by atoms with Crippen LogP contribution in [-0.2, 0) is 51.0 Å². The van der Waals surface area contributed by atoms with Crippen LogP contribution in [-0.4, -0.2) is 112 Å². The minimum Gasteiger partial charge on any atom is -0.379 e. The van der Waals surface area contributed by atoms with Gasteiger partial charge in [0.2, 0.25) is 5.91 Å². The van der Waals surface area contributed by atoms with Gasteiger partial charge in [0.1, 0.15) is 17.1 Å². The molecule has 0 atom stereocenters. The van der Waals surface area contributed by atoms with Crippen molar-refractivity contribution >= 4 is 33.6 Å². The fourth-order valence-electron chi connectivity index (χ4n) is 4.70. The Bertz CT molecular complexity index is 1280. The average Bonchev–Trinajstić information content (AvgIpc) is 3.43. The molecule has 0 fully saturated rings. The van der Waals surface area contributed by atoms with Crippen molar-refractivity contribution in [3.63, 3.8) is 0 Å². The molecule has 1 aromatic carbocycles. The molecule has 0 bridgehead atoms. The molecular formula is C34H52N4O8. The first-order valence-corrected chi connectivity index (χ1v) is 16.6. The summed E-state index contributed by atoms with van der Waals surface area (Å²) in [5, 5.41) is 4.09. The minimum atomic E-state index is -0.0419. The first kappa shape index (κ1) is 37.5. The number of fused-ring (bicyclic) bond motifs is 3. The molecule has 3 rings (SSSR count). The molecule has 0 saturated carbocycles. The summed E-state index contributed by atoms with van der Waals surface area (Å²) in [6.45, 7) is 10.7. The molecule has 256 valence electrons. The van der Waals surface area contributed by atoms with Crippen molar-refractivity contribution in [1.82, 2.24) is 19.9 Å². The van der Waals surface area contributed by atoms with Gasteiger partial charge >= 0.3 is 0 Å². The number of hydrogen-bond donors (Lipinski definition) is 1. The standard InChI is InChI=1S/C34H52N4O8/c1-3-5-10-32-37-31-27-36-30-9-7-6-8-29(30)34(31)38(32)14-13-35-33(40)12-16-42-18-20-44-22-24-46-26-25-45-23-21-43-19-17-41-15-11-28(39)4-2/h6-9,27H,3-5,10-26H2,1-2H3,(H,35,40).